The normalized spacial score (nSPS) is 15.5. The summed E-state index contributed by atoms with van der Waals surface area (Å²) in [5.74, 6) is 0.0525. The van der Waals surface area contributed by atoms with Crippen molar-refractivity contribution in [3.63, 3.8) is 0 Å². The van der Waals surface area contributed by atoms with Gasteiger partial charge in [-0.2, -0.15) is 0 Å². The van der Waals surface area contributed by atoms with E-state index in [0.717, 1.165) is 24.1 Å². The lowest BCUT2D eigenvalue weighted by atomic mass is 10.1. The molecule has 1 aliphatic carbocycles. The molecule has 1 aromatic carbocycles. The Labute approximate surface area is 128 Å². The van der Waals surface area contributed by atoms with Gasteiger partial charge in [0.05, 0.1) is 0 Å². The van der Waals surface area contributed by atoms with Crippen LogP contribution < -0.4 is 10.6 Å². The van der Waals surface area contributed by atoms with Gasteiger partial charge in [0.1, 0.15) is 0 Å². The second kappa shape index (κ2) is 8.06. The zero-order chi connectivity index (χ0) is 15.1. The molecule has 0 aliphatic heterocycles. The van der Waals surface area contributed by atoms with Gasteiger partial charge in [0.15, 0.2) is 0 Å². The Morgan fingerprint density at radius 2 is 1.90 bits per heavy atom. The molecule has 1 amide bonds. The molecule has 0 bridgehead atoms. The van der Waals surface area contributed by atoms with Gasteiger partial charge in [0.25, 0.3) is 5.91 Å². The second-order valence-corrected chi connectivity index (χ2v) is 6.22. The largest absolute Gasteiger partial charge is 0.383 e. The molecule has 0 spiro atoms. The number of amides is 1. The maximum absolute atomic E-state index is 11.9. The van der Waals surface area contributed by atoms with Crippen molar-refractivity contribution in [1.82, 2.24) is 5.32 Å². The van der Waals surface area contributed by atoms with Crippen molar-refractivity contribution in [3.05, 3.63) is 29.8 Å². The number of unbranched alkanes of at least 4 members (excludes halogenated alkanes) is 3. The van der Waals surface area contributed by atoms with Gasteiger partial charge >= 0.3 is 0 Å². The summed E-state index contributed by atoms with van der Waals surface area (Å²) >= 11 is 0. The number of hydrogen-bond acceptors (Lipinski definition) is 2. The van der Waals surface area contributed by atoms with Crippen LogP contribution >= 0.6 is 0 Å². The molecule has 0 saturated heterocycles. The second-order valence-electron chi connectivity index (χ2n) is 6.22. The number of carbonyl (C=O) groups excluding carboxylic acids is 1. The molecule has 1 aliphatic rings. The van der Waals surface area contributed by atoms with Gasteiger partial charge in [-0.05, 0) is 50.5 Å². The zero-order valence-electron chi connectivity index (χ0n) is 13.3. The number of carbonyl (C=O) groups is 1. The highest BCUT2D eigenvalue weighted by Crippen LogP contribution is 2.20. The minimum Gasteiger partial charge on any atom is -0.383 e. The molecule has 0 radical (unpaired) electrons. The lowest BCUT2D eigenvalue weighted by molar-refractivity contribution is 0.0951. The maximum Gasteiger partial charge on any atom is 0.251 e. The first kappa shape index (κ1) is 15.9. The van der Waals surface area contributed by atoms with Crippen molar-refractivity contribution in [1.29, 1.82) is 0 Å². The molecule has 3 heteroatoms. The molecule has 0 heterocycles. The van der Waals surface area contributed by atoms with Crippen molar-refractivity contribution in [3.8, 4) is 0 Å². The van der Waals surface area contributed by atoms with Crippen LogP contribution in [0.4, 0.5) is 5.69 Å². The van der Waals surface area contributed by atoms with E-state index in [1.54, 1.807) is 0 Å². The van der Waals surface area contributed by atoms with Crippen molar-refractivity contribution in [2.24, 2.45) is 0 Å². The lowest BCUT2D eigenvalue weighted by Crippen LogP contribution is -2.25. The van der Waals surface area contributed by atoms with Crippen LogP contribution in [-0.4, -0.2) is 18.0 Å². The van der Waals surface area contributed by atoms with Crippen LogP contribution in [0.1, 0.15) is 69.2 Å². The van der Waals surface area contributed by atoms with Gasteiger partial charge in [-0.3, -0.25) is 4.79 Å². The number of nitrogens with one attached hydrogen (secondary N) is 2. The Hall–Kier alpha value is -1.51. The summed E-state index contributed by atoms with van der Waals surface area (Å²) in [5, 5.41) is 6.52. The van der Waals surface area contributed by atoms with Gasteiger partial charge in [-0.15, -0.1) is 0 Å². The van der Waals surface area contributed by atoms with E-state index in [0.29, 0.717) is 12.1 Å². The van der Waals surface area contributed by atoms with Gasteiger partial charge in [-0.25, -0.2) is 0 Å². The molecule has 116 valence electrons. The summed E-state index contributed by atoms with van der Waals surface area (Å²) in [6.07, 6.45) is 8.67. The van der Waals surface area contributed by atoms with Crippen LogP contribution in [0.15, 0.2) is 24.3 Å². The molecule has 1 fully saturated rings. The Kier molecular flexibility index (Phi) is 6.09. The minimum atomic E-state index is 0.0525. The molecule has 2 N–H and O–H groups in total. The van der Waals surface area contributed by atoms with E-state index in [-0.39, 0.29) is 5.91 Å². The summed E-state index contributed by atoms with van der Waals surface area (Å²) in [6.45, 7) is 4.46. The van der Waals surface area contributed by atoms with E-state index in [9.17, 15) is 4.79 Å². The Balaban J connectivity index is 1.74. The Bertz CT molecular complexity index is 437. The maximum atomic E-state index is 11.9. The van der Waals surface area contributed by atoms with E-state index in [4.69, 9.17) is 0 Å². The molecule has 2 rings (SSSR count). The summed E-state index contributed by atoms with van der Waals surface area (Å²) in [4.78, 5) is 11.9. The van der Waals surface area contributed by atoms with Crippen molar-refractivity contribution < 1.29 is 4.79 Å². The molecule has 1 unspecified atom stereocenters. The SMILES string of the molecule is CCCCCCC(C)Nc1ccc(C(=O)NC2CC2)cc1. The number of rotatable bonds is 9. The highest BCUT2D eigenvalue weighted by atomic mass is 16.1. The average Bonchev–Trinajstić information content (AvgIpc) is 3.28. The average molecular weight is 288 g/mol. The third-order valence-corrected chi connectivity index (χ3v) is 3.96. The van der Waals surface area contributed by atoms with Crippen molar-refractivity contribution in [2.45, 2.75) is 70.9 Å². The predicted molar refractivity (Wildman–Crippen MR) is 88.8 cm³/mol. The van der Waals surface area contributed by atoms with Crippen LogP contribution in [0.5, 0.6) is 0 Å². The molecule has 1 aromatic rings. The molecule has 0 aromatic heterocycles. The van der Waals surface area contributed by atoms with E-state index in [1.165, 1.54) is 32.1 Å². The van der Waals surface area contributed by atoms with Crippen LogP contribution in [-0.2, 0) is 0 Å². The van der Waals surface area contributed by atoms with Crippen LogP contribution in [0.3, 0.4) is 0 Å². The topological polar surface area (TPSA) is 41.1 Å². The fourth-order valence-electron chi connectivity index (χ4n) is 2.45. The first-order valence-corrected chi connectivity index (χ1v) is 8.36. The van der Waals surface area contributed by atoms with Crippen molar-refractivity contribution in [2.75, 3.05) is 5.32 Å². The van der Waals surface area contributed by atoms with Crippen molar-refractivity contribution >= 4 is 11.6 Å². The molecular formula is C18H28N2O. The van der Waals surface area contributed by atoms with E-state index in [1.807, 2.05) is 24.3 Å². The monoisotopic (exact) mass is 288 g/mol. The fraction of sp³-hybridized carbons (Fsp3) is 0.611. The fourth-order valence-corrected chi connectivity index (χ4v) is 2.45. The van der Waals surface area contributed by atoms with Gasteiger partial charge < -0.3 is 10.6 Å². The molecule has 1 atom stereocenters. The smallest absolute Gasteiger partial charge is 0.251 e. The Morgan fingerprint density at radius 1 is 1.19 bits per heavy atom. The number of benzene rings is 1. The quantitative estimate of drug-likeness (QED) is 0.663. The summed E-state index contributed by atoms with van der Waals surface area (Å²) in [7, 11) is 0. The molecule has 1 saturated carbocycles. The van der Waals surface area contributed by atoms with E-state index >= 15 is 0 Å². The molecule has 3 nitrogen and oxygen atoms in total. The van der Waals surface area contributed by atoms with Crippen LogP contribution in [0.2, 0.25) is 0 Å². The molecule has 21 heavy (non-hydrogen) atoms. The third kappa shape index (κ3) is 5.78. The number of anilines is 1. The summed E-state index contributed by atoms with van der Waals surface area (Å²) < 4.78 is 0. The predicted octanol–water partition coefficient (Wildman–Crippen LogP) is 4.35. The zero-order valence-corrected chi connectivity index (χ0v) is 13.3. The standard InChI is InChI=1S/C18H28N2O/c1-3-4-5-6-7-14(2)19-16-10-8-15(9-11-16)18(21)20-17-12-13-17/h8-11,14,17,19H,3-7,12-13H2,1-2H3,(H,20,21). The minimum absolute atomic E-state index is 0.0525. The van der Waals surface area contributed by atoms with Crippen LogP contribution in [0.25, 0.3) is 0 Å². The lowest BCUT2D eigenvalue weighted by Gasteiger charge is -2.15. The third-order valence-electron chi connectivity index (χ3n) is 3.96. The van der Waals surface area contributed by atoms with Gasteiger partial charge in [-0.1, -0.05) is 32.6 Å². The molecular weight excluding hydrogens is 260 g/mol. The van der Waals surface area contributed by atoms with E-state index < -0.39 is 0 Å². The summed E-state index contributed by atoms with van der Waals surface area (Å²) in [6, 6.07) is 8.72. The van der Waals surface area contributed by atoms with Crippen LogP contribution in [0, 0.1) is 0 Å². The highest BCUT2D eigenvalue weighted by Gasteiger charge is 2.23. The van der Waals surface area contributed by atoms with Gasteiger partial charge in [0, 0.05) is 23.3 Å². The number of hydrogen-bond donors (Lipinski definition) is 2. The Morgan fingerprint density at radius 3 is 2.52 bits per heavy atom. The van der Waals surface area contributed by atoms with Gasteiger partial charge in [0.2, 0.25) is 0 Å². The highest BCUT2D eigenvalue weighted by molar-refractivity contribution is 5.94. The summed E-state index contributed by atoms with van der Waals surface area (Å²) in [5.41, 5.74) is 1.85. The van der Waals surface area contributed by atoms with E-state index in [2.05, 4.69) is 24.5 Å². The first-order chi connectivity index (χ1) is 10.2. The first-order valence-electron chi connectivity index (χ1n) is 8.36.